The summed E-state index contributed by atoms with van der Waals surface area (Å²) in [6, 6.07) is -1.32. The Balaban J connectivity index is 0. The summed E-state index contributed by atoms with van der Waals surface area (Å²) in [6.45, 7) is 9.26. The highest BCUT2D eigenvalue weighted by Crippen LogP contribution is 2.04. The van der Waals surface area contributed by atoms with Crippen molar-refractivity contribution in [3.8, 4) is 0 Å². The Hall–Kier alpha value is -1.71. The molecule has 0 aliphatic heterocycles. The van der Waals surface area contributed by atoms with E-state index in [2.05, 4.69) is 0 Å². The molecule has 154 valence electrons. The number of carbonyl (C=O) groups is 3. The molecule has 1 unspecified atom stereocenters. The van der Waals surface area contributed by atoms with E-state index in [-0.39, 0.29) is 13.2 Å². The highest BCUT2D eigenvalue weighted by molar-refractivity contribution is 5.75. The molecule has 0 bridgehead atoms. The number of esters is 2. The maximum absolute atomic E-state index is 11.4. The highest BCUT2D eigenvalue weighted by Gasteiger charge is 2.18. The van der Waals surface area contributed by atoms with Crippen molar-refractivity contribution in [2.24, 2.45) is 29.0 Å². The van der Waals surface area contributed by atoms with Gasteiger partial charge in [0.25, 0.3) is 0 Å². The van der Waals surface area contributed by atoms with E-state index in [0.717, 1.165) is 0 Å². The maximum atomic E-state index is 11.4. The monoisotopic (exact) mass is 377 g/mol. The Morgan fingerprint density at radius 1 is 0.923 bits per heavy atom. The molecule has 0 aromatic carbocycles. The number of carboxylic acid groups (broad SMARTS) is 1. The van der Waals surface area contributed by atoms with Crippen LogP contribution in [0.25, 0.3) is 0 Å². The van der Waals surface area contributed by atoms with Gasteiger partial charge >= 0.3 is 17.9 Å². The predicted octanol–water partition coefficient (Wildman–Crippen LogP) is 0.238. The van der Waals surface area contributed by atoms with Gasteiger partial charge in [-0.3, -0.25) is 14.4 Å². The molecule has 7 N–H and O–H groups in total. The van der Waals surface area contributed by atoms with Crippen LogP contribution in [0.5, 0.6) is 0 Å². The number of carboxylic acids is 1. The smallest absolute Gasteiger partial charge is 0.323 e. The maximum Gasteiger partial charge on any atom is 0.323 e. The van der Waals surface area contributed by atoms with Gasteiger partial charge < -0.3 is 31.8 Å². The molecule has 0 saturated heterocycles. The zero-order valence-electron chi connectivity index (χ0n) is 16.4. The van der Waals surface area contributed by atoms with E-state index in [1.165, 1.54) is 0 Å². The largest absolute Gasteiger partial charge is 0.480 e. The van der Waals surface area contributed by atoms with Crippen LogP contribution in [0.4, 0.5) is 0 Å². The van der Waals surface area contributed by atoms with Crippen molar-refractivity contribution < 1.29 is 29.0 Å². The van der Waals surface area contributed by atoms with Gasteiger partial charge in [-0.2, -0.15) is 0 Å². The van der Waals surface area contributed by atoms with Crippen LogP contribution in [-0.4, -0.2) is 54.4 Å². The topological polar surface area (TPSA) is 168 Å². The molecular formula is C17H35N3O6. The number of hydrogen-bond acceptors (Lipinski definition) is 8. The van der Waals surface area contributed by atoms with Crippen molar-refractivity contribution in [1.29, 1.82) is 0 Å². The number of rotatable bonds is 10. The molecule has 0 radical (unpaired) electrons. The quantitative estimate of drug-likeness (QED) is 0.389. The Labute approximate surface area is 155 Å². The summed E-state index contributed by atoms with van der Waals surface area (Å²) < 4.78 is 9.76. The molecule has 0 aliphatic carbocycles. The van der Waals surface area contributed by atoms with Crippen molar-refractivity contribution in [3.63, 3.8) is 0 Å². The first-order valence-corrected chi connectivity index (χ1v) is 8.70. The average molecular weight is 377 g/mol. The van der Waals surface area contributed by atoms with Crippen molar-refractivity contribution >= 4 is 17.9 Å². The number of hydrogen-bond donors (Lipinski definition) is 4. The van der Waals surface area contributed by atoms with E-state index in [1.807, 2.05) is 27.7 Å². The summed E-state index contributed by atoms with van der Waals surface area (Å²) in [7, 11) is 0. The van der Waals surface area contributed by atoms with Crippen LogP contribution in [0, 0.1) is 11.8 Å². The molecule has 0 spiro atoms. The minimum Gasteiger partial charge on any atom is -0.480 e. The molecule has 0 saturated carbocycles. The van der Waals surface area contributed by atoms with Crippen molar-refractivity contribution in [2.75, 3.05) is 13.2 Å². The Morgan fingerprint density at radius 2 is 1.38 bits per heavy atom. The second-order valence-electron chi connectivity index (χ2n) is 6.94. The standard InChI is InChI=1S/C11H22N2O4.C6H13NO2/c1-7(2)4-9(13)11(15)16-6-8(3)17-10(14)5-12;1-4(2)3-5(7)6(8)9/h7-9H,4-6,12-13H2,1-3H3;4-5H,3,7H2,1-2H3,(H,8,9)/t8?,9-;5-/m00/s1. The molecule has 0 aromatic rings. The van der Waals surface area contributed by atoms with Gasteiger partial charge in [-0.15, -0.1) is 0 Å². The third-order valence-electron chi connectivity index (χ3n) is 3.03. The zero-order valence-corrected chi connectivity index (χ0v) is 16.4. The molecular weight excluding hydrogens is 342 g/mol. The molecule has 9 nitrogen and oxygen atoms in total. The molecule has 9 heteroatoms. The first kappa shape index (κ1) is 26.5. The summed E-state index contributed by atoms with van der Waals surface area (Å²) in [5.74, 6) is -1.24. The number of carbonyl (C=O) groups excluding carboxylic acids is 2. The lowest BCUT2D eigenvalue weighted by Gasteiger charge is -2.16. The lowest BCUT2D eigenvalue weighted by atomic mass is 10.1. The van der Waals surface area contributed by atoms with Gasteiger partial charge in [0.2, 0.25) is 0 Å². The highest BCUT2D eigenvalue weighted by atomic mass is 16.6. The molecule has 0 heterocycles. The summed E-state index contributed by atoms with van der Waals surface area (Å²) >= 11 is 0. The molecule has 0 aromatic heterocycles. The van der Waals surface area contributed by atoms with Gasteiger partial charge in [-0.05, 0) is 31.6 Å². The van der Waals surface area contributed by atoms with Gasteiger partial charge in [-0.1, -0.05) is 27.7 Å². The third-order valence-corrected chi connectivity index (χ3v) is 3.03. The molecule has 0 fully saturated rings. The van der Waals surface area contributed by atoms with Crippen LogP contribution in [-0.2, 0) is 23.9 Å². The lowest BCUT2D eigenvalue weighted by molar-refractivity contribution is -0.157. The summed E-state index contributed by atoms with van der Waals surface area (Å²) in [5, 5.41) is 8.31. The van der Waals surface area contributed by atoms with Gasteiger partial charge in [0, 0.05) is 0 Å². The minimum absolute atomic E-state index is 0.00360. The average Bonchev–Trinajstić information content (AvgIpc) is 2.51. The molecule has 26 heavy (non-hydrogen) atoms. The van der Waals surface area contributed by atoms with Crippen LogP contribution >= 0.6 is 0 Å². The molecule has 0 rings (SSSR count). The summed E-state index contributed by atoms with van der Waals surface area (Å²) in [4.78, 5) is 32.4. The fraction of sp³-hybridized carbons (Fsp3) is 0.824. The molecule has 3 atom stereocenters. The Kier molecular flexibility index (Phi) is 14.7. The van der Waals surface area contributed by atoms with Crippen LogP contribution in [0.15, 0.2) is 0 Å². The van der Waals surface area contributed by atoms with Crippen molar-refractivity contribution in [1.82, 2.24) is 0 Å². The fourth-order valence-electron chi connectivity index (χ4n) is 1.83. The van der Waals surface area contributed by atoms with E-state index < -0.39 is 36.1 Å². The normalized spacial score (nSPS) is 14.1. The van der Waals surface area contributed by atoms with E-state index >= 15 is 0 Å². The second-order valence-corrected chi connectivity index (χ2v) is 6.94. The molecule has 0 amide bonds. The zero-order chi connectivity index (χ0) is 20.9. The van der Waals surface area contributed by atoms with E-state index in [1.54, 1.807) is 6.92 Å². The van der Waals surface area contributed by atoms with E-state index in [4.69, 9.17) is 31.8 Å². The van der Waals surface area contributed by atoms with Crippen molar-refractivity contribution in [3.05, 3.63) is 0 Å². The van der Waals surface area contributed by atoms with Gasteiger partial charge in [0.15, 0.2) is 0 Å². The van der Waals surface area contributed by atoms with Gasteiger partial charge in [0.05, 0.1) is 6.54 Å². The number of nitrogens with two attached hydrogens (primary N) is 3. The fourth-order valence-corrected chi connectivity index (χ4v) is 1.83. The van der Waals surface area contributed by atoms with Gasteiger partial charge in [0.1, 0.15) is 24.8 Å². The van der Waals surface area contributed by atoms with Crippen LogP contribution in [0.2, 0.25) is 0 Å². The summed E-state index contributed by atoms with van der Waals surface area (Å²) in [6.07, 6.45) is 0.603. The first-order valence-electron chi connectivity index (χ1n) is 8.70. The SMILES string of the molecule is CC(C)C[C@H](N)C(=O)O.CC(C)C[C@H](N)C(=O)OCC(C)OC(=O)CN. The van der Waals surface area contributed by atoms with Gasteiger partial charge in [-0.25, -0.2) is 0 Å². The minimum atomic E-state index is -0.913. The second kappa shape index (κ2) is 14.5. The van der Waals surface area contributed by atoms with Crippen LogP contribution < -0.4 is 17.2 Å². The van der Waals surface area contributed by atoms with Crippen molar-refractivity contribution in [2.45, 2.75) is 65.6 Å². The Bertz CT molecular complexity index is 429. The lowest BCUT2D eigenvalue weighted by Crippen LogP contribution is -2.35. The number of ether oxygens (including phenoxy) is 2. The predicted molar refractivity (Wildman–Crippen MR) is 98.1 cm³/mol. The third kappa shape index (κ3) is 15.8. The van der Waals surface area contributed by atoms with E-state index in [9.17, 15) is 14.4 Å². The Morgan fingerprint density at radius 3 is 1.73 bits per heavy atom. The number of aliphatic carboxylic acids is 1. The molecule has 0 aliphatic rings. The van der Waals surface area contributed by atoms with E-state index in [0.29, 0.717) is 24.7 Å². The van der Waals surface area contributed by atoms with Crippen LogP contribution in [0.1, 0.15) is 47.5 Å². The summed E-state index contributed by atoms with van der Waals surface area (Å²) in [5.41, 5.74) is 15.9. The first-order chi connectivity index (χ1) is 11.9. The van der Waals surface area contributed by atoms with Crippen LogP contribution in [0.3, 0.4) is 0 Å².